The van der Waals surface area contributed by atoms with Crippen molar-refractivity contribution < 1.29 is 14.0 Å². The molecule has 3 rings (SSSR count). The van der Waals surface area contributed by atoms with Crippen molar-refractivity contribution in [1.82, 2.24) is 0 Å². The van der Waals surface area contributed by atoms with Crippen LogP contribution in [0.3, 0.4) is 0 Å². The Morgan fingerprint density at radius 1 is 1.21 bits per heavy atom. The van der Waals surface area contributed by atoms with Gasteiger partial charge in [0.15, 0.2) is 0 Å². The standard InChI is InChI=1S/C17H13Br2FN2O2/c18-11-5-6-14(12(19)8-11)21-17(24)10-7-16(23)22(9-10)15-4-2-1-3-13(15)20/h1-6,8,10H,7,9H2,(H,21,24). The fourth-order valence-corrected chi connectivity index (χ4v) is 3.76. The highest BCUT2D eigenvalue weighted by molar-refractivity contribution is 9.11. The number of para-hydroxylation sites is 1. The van der Waals surface area contributed by atoms with Crippen LogP contribution in [0.25, 0.3) is 0 Å². The van der Waals surface area contributed by atoms with Gasteiger partial charge in [-0.2, -0.15) is 0 Å². The minimum absolute atomic E-state index is 0.0638. The molecule has 0 radical (unpaired) electrons. The van der Waals surface area contributed by atoms with Crippen LogP contribution in [0.4, 0.5) is 15.8 Å². The number of carbonyl (C=O) groups is 2. The van der Waals surface area contributed by atoms with E-state index in [1.54, 1.807) is 24.3 Å². The van der Waals surface area contributed by atoms with Gasteiger partial charge in [-0.15, -0.1) is 0 Å². The van der Waals surface area contributed by atoms with Gasteiger partial charge in [0.2, 0.25) is 11.8 Å². The topological polar surface area (TPSA) is 49.4 Å². The molecule has 0 aromatic heterocycles. The number of nitrogens with one attached hydrogen (secondary N) is 1. The predicted molar refractivity (Wildman–Crippen MR) is 97.3 cm³/mol. The lowest BCUT2D eigenvalue weighted by Crippen LogP contribution is -2.28. The third-order valence-electron chi connectivity index (χ3n) is 3.83. The van der Waals surface area contributed by atoms with Crippen LogP contribution in [0.5, 0.6) is 0 Å². The van der Waals surface area contributed by atoms with E-state index < -0.39 is 11.7 Å². The molecule has 1 saturated heterocycles. The second kappa shape index (κ2) is 7.03. The van der Waals surface area contributed by atoms with E-state index in [0.717, 1.165) is 8.95 Å². The first-order chi connectivity index (χ1) is 11.5. The summed E-state index contributed by atoms with van der Waals surface area (Å²) in [5.41, 5.74) is 0.836. The Morgan fingerprint density at radius 2 is 1.96 bits per heavy atom. The maximum absolute atomic E-state index is 13.9. The van der Waals surface area contributed by atoms with E-state index in [9.17, 15) is 14.0 Å². The molecule has 1 N–H and O–H groups in total. The summed E-state index contributed by atoms with van der Waals surface area (Å²) in [7, 11) is 0. The predicted octanol–water partition coefficient (Wildman–Crippen LogP) is 4.34. The molecule has 2 amide bonds. The Labute approximate surface area is 155 Å². The van der Waals surface area contributed by atoms with Crippen molar-refractivity contribution in [3.8, 4) is 0 Å². The summed E-state index contributed by atoms with van der Waals surface area (Å²) < 4.78 is 15.5. The summed E-state index contributed by atoms with van der Waals surface area (Å²) in [6.07, 6.45) is 0.0638. The zero-order valence-corrected chi connectivity index (χ0v) is 15.6. The SMILES string of the molecule is O=C(Nc1ccc(Br)cc1Br)C1CC(=O)N(c2ccccc2F)C1. The van der Waals surface area contributed by atoms with Gasteiger partial charge in [-0.25, -0.2) is 4.39 Å². The first-order valence-electron chi connectivity index (χ1n) is 7.26. The molecule has 1 atom stereocenters. The maximum atomic E-state index is 13.9. The fourth-order valence-electron chi connectivity index (χ4n) is 2.61. The van der Waals surface area contributed by atoms with Crippen molar-refractivity contribution in [1.29, 1.82) is 0 Å². The monoisotopic (exact) mass is 454 g/mol. The summed E-state index contributed by atoms with van der Waals surface area (Å²) in [6, 6.07) is 11.5. The quantitative estimate of drug-likeness (QED) is 0.748. The van der Waals surface area contributed by atoms with Gasteiger partial charge in [-0.1, -0.05) is 28.1 Å². The number of hydrogen-bond donors (Lipinski definition) is 1. The van der Waals surface area contributed by atoms with E-state index in [1.807, 2.05) is 12.1 Å². The van der Waals surface area contributed by atoms with Crippen molar-refractivity contribution in [3.05, 3.63) is 57.2 Å². The maximum Gasteiger partial charge on any atom is 0.229 e. The van der Waals surface area contributed by atoms with Gasteiger partial charge < -0.3 is 10.2 Å². The highest BCUT2D eigenvalue weighted by Crippen LogP contribution is 2.30. The smallest absolute Gasteiger partial charge is 0.229 e. The minimum atomic E-state index is -0.521. The molecule has 2 aromatic rings. The molecule has 1 heterocycles. The van der Waals surface area contributed by atoms with Crippen LogP contribution in [0.1, 0.15) is 6.42 Å². The van der Waals surface area contributed by atoms with E-state index in [-0.39, 0.29) is 30.5 Å². The van der Waals surface area contributed by atoms with Crippen molar-refractivity contribution >= 4 is 55.0 Å². The number of halogens is 3. The molecule has 1 fully saturated rings. The molecule has 0 bridgehead atoms. The highest BCUT2D eigenvalue weighted by Gasteiger charge is 2.36. The minimum Gasteiger partial charge on any atom is -0.325 e. The third kappa shape index (κ3) is 3.52. The molecule has 0 spiro atoms. The number of nitrogens with zero attached hydrogens (tertiary/aromatic N) is 1. The summed E-state index contributed by atoms with van der Waals surface area (Å²) in [5, 5.41) is 2.81. The van der Waals surface area contributed by atoms with Crippen molar-refractivity contribution in [2.24, 2.45) is 5.92 Å². The molecule has 24 heavy (non-hydrogen) atoms. The summed E-state index contributed by atoms with van der Waals surface area (Å²) in [5.74, 6) is -1.50. The molecule has 124 valence electrons. The van der Waals surface area contributed by atoms with Crippen LogP contribution in [-0.4, -0.2) is 18.4 Å². The number of amides is 2. The number of benzene rings is 2. The lowest BCUT2D eigenvalue weighted by molar-refractivity contribution is -0.122. The van der Waals surface area contributed by atoms with Crippen molar-refractivity contribution in [2.75, 3.05) is 16.8 Å². The Morgan fingerprint density at radius 3 is 2.67 bits per heavy atom. The Kier molecular flexibility index (Phi) is 5.01. The van der Waals surface area contributed by atoms with Crippen molar-refractivity contribution in [2.45, 2.75) is 6.42 Å². The Balaban J connectivity index is 1.73. The van der Waals surface area contributed by atoms with E-state index >= 15 is 0 Å². The first kappa shape index (κ1) is 17.1. The Bertz CT molecular complexity index is 813. The Hall–Kier alpha value is -1.73. The summed E-state index contributed by atoms with van der Waals surface area (Å²) in [6.45, 7) is 0.166. The molecule has 1 aliphatic heterocycles. The normalized spacial score (nSPS) is 17.2. The average Bonchev–Trinajstić information content (AvgIpc) is 2.92. The van der Waals surface area contributed by atoms with E-state index in [2.05, 4.69) is 37.2 Å². The van der Waals surface area contributed by atoms with E-state index in [0.29, 0.717) is 5.69 Å². The van der Waals surface area contributed by atoms with Crippen LogP contribution in [0.2, 0.25) is 0 Å². The molecule has 0 aliphatic carbocycles. The first-order valence-corrected chi connectivity index (χ1v) is 8.85. The third-order valence-corrected chi connectivity index (χ3v) is 4.98. The van der Waals surface area contributed by atoms with Crippen LogP contribution in [-0.2, 0) is 9.59 Å². The van der Waals surface area contributed by atoms with E-state index in [4.69, 9.17) is 0 Å². The second-order valence-corrected chi connectivity index (χ2v) is 7.24. The molecule has 7 heteroatoms. The van der Waals surface area contributed by atoms with Gasteiger partial charge in [0.05, 0.1) is 17.3 Å². The van der Waals surface area contributed by atoms with Gasteiger partial charge >= 0.3 is 0 Å². The highest BCUT2D eigenvalue weighted by atomic mass is 79.9. The van der Waals surface area contributed by atoms with Crippen LogP contribution in [0.15, 0.2) is 51.4 Å². The van der Waals surface area contributed by atoms with Gasteiger partial charge in [0.25, 0.3) is 0 Å². The molecular weight excluding hydrogens is 443 g/mol. The number of hydrogen-bond acceptors (Lipinski definition) is 2. The zero-order valence-electron chi connectivity index (χ0n) is 12.4. The summed E-state index contributed by atoms with van der Waals surface area (Å²) in [4.78, 5) is 25.9. The second-order valence-electron chi connectivity index (χ2n) is 5.47. The molecule has 1 aliphatic rings. The molecule has 2 aromatic carbocycles. The van der Waals surface area contributed by atoms with Gasteiger partial charge in [-0.05, 0) is 46.3 Å². The van der Waals surface area contributed by atoms with Crippen LogP contribution >= 0.6 is 31.9 Å². The van der Waals surface area contributed by atoms with Gasteiger partial charge in [-0.3, -0.25) is 9.59 Å². The molecule has 0 saturated carbocycles. The van der Waals surface area contributed by atoms with E-state index in [1.165, 1.54) is 11.0 Å². The largest absolute Gasteiger partial charge is 0.325 e. The van der Waals surface area contributed by atoms with Gasteiger partial charge in [0, 0.05) is 21.9 Å². The number of carbonyl (C=O) groups excluding carboxylic acids is 2. The molecule has 1 unspecified atom stereocenters. The van der Waals surface area contributed by atoms with Gasteiger partial charge in [0.1, 0.15) is 5.82 Å². The van der Waals surface area contributed by atoms with Crippen LogP contribution < -0.4 is 10.2 Å². The number of anilines is 2. The van der Waals surface area contributed by atoms with Crippen LogP contribution in [0, 0.1) is 11.7 Å². The summed E-state index contributed by atoms with van der Waals surface area (Å²) >= 11 is 6.73. The van der Waals surface area contributed by atoms with Crippen molar-refractivity contribution in [3.63, 3.8) is 0 Å². The molecular formula is C17H13Br2FN2O2. The lowest BCUT2D eigenvalue weighted by Gasteiger charge is -2.17. The molecule has 4 nitrogen and oxygen atoms in total. The lowest BCUT2D eigenvalue weighted by atomic mass is 10.1. The average molecular weight is 456 g/mol. The zero-order chi connectivity index (χ0) is 17.3. The number of rotatable bonds is 3. The fraction of sp³-hybridized carbons (Fsp3) is 0.176.